The van der Waals surface area contributed by atoms with Gasteiger partial charge in [0.2, 0.25) is 11.8 Å². The van der Waals surface area contributed by atoms with Crippen LogP contribution in [-0.2, 0) is 9.59 Å². The average Bonchev–Trinajstić information content (AvgIpc) is 3.10. The number of methoxy groups -OCH3 is 1. The number of nitrogens with one attached hydrogen (secondary N) is 1. The fourth-order valence-corrected chi connectivity index (χ4v) is 3.41. The van der Waals surface area contributed by atoms with Crippen LogP contribution >= 0.6 is 0 Å². The van der Waals surface area contributed by atoms with Gasteiger partial charge in [0.05, 0.1) is 13.0 Å². The van der Waals surface area contributed by atoms with Crippen LogP contribution in [0.4, 0.5) is 11.4 Å². The van der Waals surface area contributed by atoms with Gasteiger partial charge in [-0.3, -0.25) is 9.59 Å². The Balaban J connectivity index is 1.46. The number of hydrogen-bond donors (Lipinski definition) is 1. The van der Waals surface area contributed by atoms with Crippen molar-refractivity contribution in [2.45, 2.75) is 6.42 Å². The molecule has 1 saturated heterocycles. The largest absolute Gasteiger partial charge is 0.497 e. The summed E-state index contributed by atoms with van der Waals surface area (Å²) >= 11 is 0. The first-order valence-corrected chi connectivity index (χ1v) is 8.88. The number of carbonyl (C=O) groups is 2. The quantitative estimate of drug-likeness (QED) is 0.769. The minimum atomic E-state index is -0.369. The smallest absolute Gasteiger partial charge is 0.229 e. The van der Waals surface area contributed by atoms with Gasteiger partial charge in [0.15, 0.2) is 0 Å². The van der Waals surface area contributed by atoms with Crippen LogP contribution in [0.1, 0.15) is 6.42 Å². The fraction of sp³-hybridized carbons (Fsp3) is 0.182. The molecule has 5 nitrogen and oxygen atoms in total. The van der Waals surface area contributed by atoms with Gasteiger partial charge in [-0.25, -0.2) is 0 Å². The van der Waals surface area contributed by atoms with Gasteiger partial charge in [-0.15, -0.1) is 0 Å². The van der Waals surface area contributed by atoms with Crippen LogP contribution in [0.5, 0.6) is 5.75 Å². The van der Waals surface area contributed by atoms with E-state index in [1.54, 1.807) is 12.0 Å². The topological polar surface area (TPSA) is 58.6 Å². The Labute approximate surface area is 157 Å². The molecule has 1 N–H and O–H groups in total. The van der Waals surface area contributed by atoms with Crippen molar-refractivity contribution in [1.29, 1.82) is 0 Å². The summed E-state index contributed by atoms with van der Waals surface area (Å²) < 4.78 is 5.15. The van der Waals surface area contributed by atoms with Gasteiger partial charge in [-0.2, -0.15) is 0 Å². The number of hydrogen-bond acceptors (Lipinski definition) is 3. The monoisotopic (exact) mass is 360 g/mol. The van der Waals surface area contributed by atoms with E-state index in [-0.39, 0.29) is 24.2 Å². The zero-order chi connectivity index (χ0) is 18.8. The summed E-state index contributed by atoms with van der Waals surface area (Å²) in [7, 11) is 1.60. The number of carbonyl (C=O) groups excluding carboxylic acids is 2. The first-order chi connectivity index (χ1) is 13.1. The second-order valence-electron chi connectivity index (χ2n) is 6.65. The van der Waals surface area contributed by atoms with Crippen LogP contribution < -0.4 is 15.0 Å². The predicted octanol–water partition coefficient (Wildman–Crippen LogP) is 3.84. The third-order valence-corrected chi connectivity index (χ3v) is 4.90. The summed E-state index contributed by atoms with van der Waals surface area (Å²) in [6, 6.07) is 21.1. The zero-order valence-electron chi connectivity index (χ0n) is 15.0. The van der Waals surface area contributed by atoms with Crippen molar-refractivity contribution < 1.29 is 14.3 Å². The Morgan fingerprint density at radius 2 is 1.78 bits per heavy atom. The van der Waals surface area contributed by atoms with E-state index in [0.717, 1.165) is 27.9 Å². The third kappa shape index (κ3) is 3.49. The van der Waals surface area contributed by atoms with Gasteiger partial charge < -0.3 is 15.0 Å². The molecule has 0 unspecified atom stereocenters. The molecule has 136 valence electrons. The first-order valence-electron chi connectivity index (χ1n) is 8.88. The summed E-state index contributed by atoms with van der Waals surface area (Å²) in [5.41, 5.74) is 1.52. The molecule has 0 aromatic heterocycles. The molecular weight excluding hydrogens is 340 g/mol. The van der Waals surface area contributed by atoms with Crippen LogP contribution in [0, 0.1) is 5.92 Å². The molecule has 3 aromatic carbocycles. The molecule has 1 heterocycles. The van der Waals surface area contributed by atoms with Gasteiger partial charge in [-0.1, -0.05) is 30.3 Å². The van der Waals surface area contributed by atoms with E-state index >= 15 is 0 Å². The van der Waals surface area contributed by atoms with Gasteiger partial charge in [-0.05, 0) is 47.2 Å². The van der Waals surface area contributed by atoms with E-state index in [4.69, 9.17) is 4.74 Å². The number of rotatable bonds is 4. The summed E-state index contributed by atoms with van der Waals surface area (Å²) in [5, 5.41) is 5.14. The van der Waals surface area contributed by atoms with Crippen molar-refractivity contribution in [2.75, 3.05) is 23.9 Å². The molecule has 1 aliphatic rings. The maximum Gasteiger partial charge on any atom is 0.229 e. The van der Waals surface area contributed by atoms with Crippen LogP contribution in [0.2, 0.25) is 0 Å². The van der Waals surface area contributed by atoms with Gasteiger partial charge in [0.25, 0.3) is 0 Å². The maximum absolute atomic E-state index is 12.7. The standard InChI is InChI=1S/C22H20N2O3/c1-27-20-10-8-19(9-11-20)24-14-17(13-21(24)25)22(26)23-18-7-6-15-4-2-3-5-16(15)12-18/h2-12,17H,13-14H2,1H3,(H,23,26)/t17-/m1/s1. The molecule has 1 atom stereocenters. The second-order valence-corrected chi connectivity index (χ2v) is 6.65. The van der Waals surface area contributed by atoms with E-state index in [1.807, 2.05) is 66.7 Å². The summed E-state index contributed by atoms with van der Waals surface area (Å²) in [4.78, 5) is 26.7. The minimum Gasteiger partial charge on any atom is -0.497 e. The Morgan fingerprint density at radius 1 is 1.04 bits per heavy atom. The Bertz CT molecular complexity index is 998. The molecule has 0 bridgehead atoms. The summed E-state index contributed by atoms with van der Waals surface area (Å²) in [6.45, 7) is 0.380. The lowest BCUT2D eigenvalue weighted by Crippen LogP contribution is -2.28. The van der Waals surface area contributed by atoms with Crippen molar-refractivity contribution in [1.82, 2.24) is 0 Å². The van der Waals surface area contributed by atoms with Crippen molar-refractivity contribution in [3.05, 3.63) is 66.7 Å². The Kier molecular flexibility index (Phi) is 4.50. The molecule has 1 aliphatic heterocycles. The van der Waals surface area contributed by atoms with Crippen molar-refractivity contribution in [2.24, 2.45) is 5.92 Å². The summed E-state index contributed by atoms with van der Waals surface area (Å²) in [6.07, 6.45) is 0.214. The van der Waals surface area contributed by atoms with Crippen LogP contribution in [-0.4, -0.2) is 25.5 Å². The van der Waals surface area contributed by atoms with Gasteiger partial charge in [0, 0.05) is 24.3 Å². The lowest BCUT2D eigenvalue weighted by Gasteiger charge is -2.17. The number of anilines is 2. The second kappa shape index (κ2) is 7.11. The highest BCUT2D eigenvalue weighted by Crippen LogP contribution is 2.28. The first kappa shape index (κ1) is 17.1. The third-order valence-electron chi connectivity index (χ3n) is 4.90. The van der Waals surface area contributed by atoms with Crippen LogP contribution in [0.25, 0.3) is 10.8 Å². The van der Waals surface area contributed by atoms with Crippen LogP contribution in [0.15, 0.2) is 66.7 Å². The van der Waals surface area contributed by atoms with Gasteiger partial charge in [0.1, 0.15) is 5.75 Å². The molecule has 0 radical (unpaired) electrons. The van der Waals surface area contributed by atoms with E-state index in [0.29, 0.717) is 6.54 Å². The molecule has 3 aromatic rings. The maximum atomic E-state index is 12.7. The number of nitrogens with zero attached hydrogens (tertiary/aromatic N) is 1. The average molecular weight is 360 g/mol. The molecule has 27 heavy (non-hydrogen) atoms. The van der Waals surface area contributed by atoms with E-state index < -0.39 is 0 Å². The fourth-order valence-electron chi connectivity index (χ4n) is 3.41. The number of amides is 2. The molecule has 0 saturated carbocycles. The van der Waals surface area contributed by atoms with Crippen molar-refractivity contribution >= 4 is 34.0 Å². The van der Waals surface area contributed by atoms with Gasteiger partial charge >= 0.3 is 0 Å². The normalized spacial score (nSPS) is 16.6. The lowest BCUT2D eigenvalue weighted by atomic mass is 10.1. The highest BCUT2D eigenvalue weighted by Gasteiger charge is 2.35. The molecule has 1 fully saturated rings. The molecule has 0 aliphatic carbocycles. The predicted molar refractivity (Wildman–Crippen MR) is 106 cm³/mol. The SMILES string of the molecule is COc1ccc(N2C[C@H](C(=O)Nc3ccc4ccccc4c3)CC2=O)cc1. The van der Waals surface area contributed by atoms with E-state index in [9.17, 15) is 9.59 Å². The molecule has 5 heteroatoms. The number of benzene rings is 3. The number of fused-ring (bicyclic) bond motifs is 1. The van der Waals surface area contributed by atoms with E-state index in [1.165, 1.54) is 0 Å². The Hall–Kier alpha value is -3.34. The highest BCUT2D eigenvalue weighted by atomic mass is 16.5. The Morgan fingerprint density at radius 3 is 2.52 bits per heavy atom. The molecule has 0 spiro atoms. The molecule has 2 amide bonds. The van der Waals surface area contributed by atoms with Crippen molar-refractivity contribution in [3.8, 4) is 5.75 Å². The van der Waals surface area contributed by atoms with Crippen LogP contribution in [0.3, 0.4) is 0 Å². The van der Waals surface area contributed by atoms with Crippen molar-refractivity contribution in [3.63, 3.8) is 0 Å². The zero-order valence-corrected chi connectivity index (χ0v) is 15.0. The minimum absolute atomic E-state index is 0.0428. The molecule has 4 rings (SSSR count). The lowest BCUT2D eigenvalue weighted by molar-refractivity contribution is -0.122. The number of ether oxygens (including phenoxy) is 1. The molecular formula is C22H20N2O3. The summed E-state index contributed by atoms with van der Waals surface area (Å²) in [5.74, 6) is 0.190. The van der Waals surface area contributed by atoms with E-state index in [2.05, 4.69) is 5.32 Å². The highest BCUT2D eigenvalue weighted by molar-refractivity contribution is 6.04.